The molecule has 0 bridgehead atoms. The Labute approximate surface area is 183 Å². The Kier molecular flexibility index (Phi) is 5.75. The van der Waals surface area contributed by atoms with Crippen molar-refractivity contribution in [1.82, 2.24) is 14.4 Å². The molecule has 1 aromatic heterocycles. The van der Waals surface area contributed by atoms with Crippen LogP contribution in [0.5, 0.6) is 5.75 Å². The van der Waals surface area contributed by atoms with E-state index in [0.29, 0.717) is 37.2 Å². The van der Waals surface area contributed by atoms with E-state index < -0.39 is 23.0 Å². The van der Waals surface area contributed by atoms with E-state index >= 15 is 0 Å². The summed E-state index contributed by atoms with van der Waals surface area (Å²) in [6.45, 7) is 1.64. The number of nitrogens with zero attached hydrogens (tertiary/aromatic N) is 3. The molecule has 3 heterocycles. The summed E-state index contributed by atoms with van der Waals surface area (Å²) in [6, 6.07) is 4.19. The number of piperidine rings is 1. The summed E-state index contributed by atoms with van der Waals surface area (Å²) in [7, 11) is 1.44. The van der Waals surface area contributed by atoms with Crippen LogP contribution in [0.3, 0.4) is 0 Å². The quantitative estimate of drug-likeness (QED) is 0.784. The smallest absolute Gasteiger partial charge is 0.293 e. The van der Waals surface area contributed by atoms with Crippen LogP contribution in [0.15, 0.2) is 23.0 Å². The lowest BCUT2D eigenvalue weighted by atomic mass is 9.95. The van der Waals surface area contributed by atoms with Crippen LogP contribution in [0, 0.1) is 5.82 Å². The number of hydrogen-bond donors (Lipinski definition) is 1. The predicted octanol–water partition coefficient (Wildman–Crippen LogP) is 2.71. The van der Waals surface area contributed by atoms with Crippen molar-refractivity contribution in [1.29, 1.82) is 0 Å². The molecule has 7 nitrogen and oxygen atoms in total. The number of carbonyl (C=O) groups is 2. The summed E-state index contributed by atoms with van der Waals surface area (Å²) in [5.41, 5.74) is 0.282. The van der Waals surface area contributed by atoms with E-state index in [1.54, 1.807) is 4.90 Å². The Morgan fingerprint density at radius 1 is 1.16 bits per heavy atom. The number of aromatic nitrogens is 1. The number of pyridine rings is 1. The Hall–Kier alpha value is -2.87. The second-order valence-corrected chi connectivity index (χ2v) is 8.40. The van der Waals surface area contributed by atoms with Crippen LogP contribution in [0.25, 0.3) is 0 Å². The summed E-state index contributed by atoms with van der Waals surface area (Å²) in [4.78, 5) is 42.2. The minimum Gasteiger partial charge on any atom is -0.502 e. The number of likely N-dealkylation sites (tertiary alicyclic amines) is 1. The van der Waals surface area contributed by atoms with Crippen molar-refractivity contribution in [3.8, 4) is 5.75 Å². The van der Waals surface area contributed by atoms with E-state index in [1.165, 1.54) is 30.1 Å². The van der Waals surface area contributed by atoms with E-state index in [-0.39, 0.29) is 28.7 Å². The monoisotopic (exact) mass is 447 g/mol. The predicted molar refractivity (Wildman–Crippen MR) is 113 cm³/mol. The van der Waals surface area contributed by atoms with Crippen LogP contribution >= 0.6 is 11.6 Å². The topological polar surface area (TPSA) is 82.8 Å². The molecule has 2 aromatic rings. The summed E-state index contributed by atoms with van der Waals surface area (Å²) in [5.74, 6) is -2.03. The average Bonchev–Trinajstić information content (AvgIpc) is 2.77. The lowest BCUT2D eigenvalue weighted by Crippen LogP contribution is -2.44. The van der Waals surface area contributed by atoms with Crippen LogP contribution in [0.1, 0.15) is 51.2 Å². The second-order valence-electron chi connectivity index (χ2n) is 7.99. The van der Waals surface area contributed by atoms with Gasteiger partial charge in [-0.05, 0) is 43.4 Å². The minimum absolute atomic E-state index is 0.0477. The van der Waals surface area contributed by atoms with E-state index in [9.17, 15) is 23.9 Å². The Morgan fingerprint density at radius 3 is 2.55 bits per heavy atom. The second kappa shape index (κ2) is 8.34. The SMILES string of the molecule is Cn1c(C(=O)N2CCCCC2)c2c(c(O)c1=O)C(=O)N(Cc1ccc(F)c(Cl)c1)CC2. The van der Waals surface area contributed by atoms with Gasteiger partial charge in [0.15, 0.2) is 5.75 Å². The molecule has 164 valence electrons. The third-order valence-electron chi connectivity index (χ3n) is 6.00. The van der Waals surface area contributed by atoms with Gasteiger partial charge in [-0.2, -0.15) is 0 Å². The number of hydrogen-bond acceptors (Lipinski definition) is 4. The molecule has 1 saturated heterocycles. The van der Waals surface area contributed by atoms with Crippen LogP contribution in [0.4, 0.5) is 4.39 Å². The Bertz CT molecular complexity index is 1120. The molecule has 9 heteroatoms. The van der Waals surface area contributed by atoms with Gasteiger partial charge in [-0.15, -0.1) is 0 Å². The molecule has 0 atom stereocenters. The maximum Gasteiger partial charge on any atom is 0.293 e. The first kappa shape index (κ1) is 21.4. The third kappa shape index (κ3) is 3.80. The molecular weight excluding hydrogens is 425 g/mol. The summed E-state index contributed by atoms with van der Waals surface area (Å²) >= 11 is 5.84. The van der Waals surface area contributed by atoms with Crippen LogP contribution in [0.2, 0.25) is 5.02 Å². The zero-order chi connectivity index (χ0) is 22.3. The number of fused-ring (bicyclic) bond motifs is 1. The van der Waals surface area contributed by atoms with Crippen molar-refractivity contribution in [2.45, 2.75) is 32.2 Å². The van der Waals surface area contributed by atoms with E-state index in [2.05, 4.69) is 0 Å². The normalized spacial score (nSPS) is 16.4. The Morgan fingerprint density at radius 2 is 1.87 bits per heavy atom. The van der Waals surface area contributed by atoms with Gasteiger partial charge in [-0.1, -0.05) is 17.7 Å². The number of aromatic hydroxyl groups is 1. The summed E-state index contributed by atoms with van der Waals surface area (Å²) < 4.78 is 14.6. The van der Waals surface area contributed by atoms with Crippen molar-refractivity contribution >= 4 is 23.4 Å². The molecular formula is C22H23ClFN3O4. The van der Waals surface area contributed by atoms with Crippen molar-refractivity contribution in [3.05, 3.63) is 61.8 Å². The van der Waals surface area contributed by atoms with Crippen LogP contribution in [-0.4, -0.2) is 50.9 Å². The summed E-state index contributed by atoms with van der Waals surface area (Å²) in [6.07, 6.45) is 3.16. The van der Waals surface area contributed by atoms with E-state index in [1.807, 2.05) is 0 Å². The zero-order valence-electron chi connectivity index (χ0n) is 17.2. The first-order chi connectivity index (χ1) is 14.8. The van der Waals surface area contributed by atoms with Crippen molar-refractivity contribution in [2.24, 2.45) is 7.05 Å². The standard InChI is InChI=1S/C22H23ClFN3O4/c1-25-18(21(30)26-8-3-2-4-9-26)14-7-10-27(20(29)17(14)19(28)22(25)31)12-13-5-6-16(24)15(23)11-13/h5-6,11,28H,2-4,7-10,12H2,1H3. The fourth-order valence-electron chi connectivity index (χ4n) is 4.34. The molecule has 0 unspecified atom stereocenters. The zero-order valence-corrected chi connectivity index (χ0v) is 17.9. The summed E-state index contributed by atoms with van der Waals surface area (Å²) in [5, 5.41) is 10.5. The molecule has 0 radical (unpaired) electrons. The molecule has 4 rings (SSSR count). The van der Waals surface area contributed by atoms with Crippen molar-refractivity contribution in [3.63, 3.8) is 0 Å². The lowest BCUT2D eigenvalue weighted by Gasteiger charge is -2.33. The highest BCUT2D eigenvalue weighted by Crippen LogP contribution is 2.30. The maximum atomic E-state index is 13.4. The number of amides is 2. The minimum atomic E-state index is -0.779. The Balaban J connectivity index is 1.72. The van der Waals surface area contributed by atoms with Gasteiger partial charge in [-0.25, -0.2) is 4.39 Å². The number of carbonyl (C=O) groups excluding carboxylic acids is 2. The number of rotatable bonds is 3. The maximum absolute atomic E-state index is 13.4. The van der Waals surface area contributed by atoms with Gasteiger partial charge in [-0.3, -0.25) is 14.4 Å². The molecule has 0 aliphatic carbocycles. The van der Waals surface area contributed by atoms with Gasteiger partial charge in [0.05, 0.1) is 10.6 Å². The van der Waals surface area contributed by atoms with Crippen molar-refractivity contribution in [2.75, 3.05) is 19.6 Å². The molecule has 0 spiro atoms. The molecule has 2 amide bonds. The van der Waals surface area contributed by atoms with Gasteiger partial charge < -0.3 is 19.5 Å². The molecule has 31 heavy (non-hydrogen) atoms. The van der Waals surface area contributed by atoms with Gasteiger partial charge in [0, 0.05) is 38.8 Å². The van der Waals surface area contributed by atoms with Crippen molar-refractivity contribution < 1.29 is 19.1 Å². The molecule has 2 aliphatic rings. The van der Waals surface area contributed by atoms with Crippen LogP contribution in [-0.2, 0) is 20.0 Å². The molecule has 1 N–H and O–H groups in total. The lowest BCUT2D eigenvalue weighted by molar-refractivity contribution is 0.0701. The number of halogens is 2. The third-order valence-corrected chi connectivity index (χ3v) is 6.29. The molecule has 0 saturated carbocycles. The van der Waals surface area contributed by atoms with E-state index in [0.717, 1.165) is 23.8 Å². The highest BCUT2D eigenvalue weighted by atomic mass is 35.5. The first-order valence-corrected chi connectivity index (χ1v) is 10.6. The van der Waals surface area contributed by atoms with Gasteiger partial charge in [0.1, 0.15) is 11.5 Å². The molecule has 1 aromatic carbocycles. The molecule has 1 fully saturated rings. The fraction of sp³-hybridized carbons (Fsp3) is 0.409. The first-order valence-electron chi connectivity index (χ1n) is 10.3. The van der Waals surface area contributed by atoms with Gasteiger partial charge in [0.2, 0.25) is 0 Å². The van der Waals surface area contributed by atoms with Gasteiger partial charge in [0.25, 0.3) is 17.4 Å². The van der Waals surface area contributed by atoms with Gasteiger partial charge >= 0.3 is 0 Å². The highest BCUT2D eigenvalue weighted by molar-refractivity contribution is 6.30. The average molecular weight is 448 g/mol. The fourth-order valence-corrected chi connectivity index (χ4v) is 4.54. The van der Waals surface area contributed by atoms with E-state index in [4.69, 9.17) is 11.6 Å². The molecule has 2 aliphatic heterocycles. The number of benzene rings is 1. The highest BCUT2D eigenvalue weighted by Gasteiger charge is 2.35. The van der Waals surface area contributed by atoms with Crippen LogP contribution < -0.4 is 5.56 Å². The largest absolute Gasteiger partial charge is 0.502 e.